The van der Waals surface area contributed by atoms with Gasteiger partial charge in [0.05, 0.1) is 12.6 Å². The number of nitrogens with one attached hydrogen (secondary N) is 4. The van der Waals surface area contributed by atoms with Crippen LogP contribution in [0.15, 0.2) is 109 Å². The molecule has 4 rings (SSSR count). The first-order valence-electron chi connectivity index (χ1n) is 12.4. The van der Waals surface area contributed by atoms with E-state index >= 15 is 0 Å². The molecule has 0 aliphatic heterocycles. The Hall–Kier alpha value is -4.91. The lowest BCUT2D eigenvalue weighted by atomic mass is 10.1. The maximum Gasteiger partial charge on any atom is 0.251 e. The molecule has 0 heterocycles. The summed E-state index contributed by atoms with van der Waals surface area (Å²) in [7, 11) is 0. The van der Waals surface area contributed by atoms with E-state index in [4.69, 9.17) is 0 Å². The molecule has 0 saturated heterocycles. The van der Waals surface area contributed by atoms with Crippen molar-refractivity contribution in [2.24, 2.45) is 0 Å². The minimum atomic E-state index is -0.278. The average molecular weight is 507 g/mol. The molecule has 1 unspecified atom stereocenters. The zero-order valence-electron chi connectivity index (χ0n) is 21.1. The molecule has 4 aromatic carbocycles. The minimum absolute atomic E-state index is 0.00405. The van der Waals surface area contributed by atoms with Gasteiger partial charge in [-0.15, -0.1) is 0 Å². The van der Waals surface area contributed by atoms with E-state index in [1.807, 2.05) is 67.6 Å². The molecule has 4 aromatic rings. The van der Waals surface area contributed by atoms with E-state index in [9.17, 15) is 14.4 Å². The number of benzene rings is 4. The third kappa shape index (κ3) is 7.54. The number of carbonyl (C=O) groups excluding carboxylic acids is 3. The first kappa shape index (κ1) is 26.2. The fraction of sp³-hybridized carbons (Fsp3) is 0.129. The van der Waals surface area contributed by atoms with Gasteiger partial charge in [0, 0.05) is 29.0 Å². The summed E-state index contributed by atoms with van der Waals surface area (Å²) in [5.41, 5.74) is 4.14. The molecule has 0 spiro atoms. The van der Waals surface area contributed by atoms with Crippen LogP contribution in [0, 0.1) is 0 Å². The van der Waals surface area contributed by atoms with Gasteiger partial charge in [0.15, 0.2) is 0 Å². The van der Waals surface area contributed by atoms with Crippen molar-refractivity contribution < 1.29 is 14.4 Å². The van der Waals surface area contributed by atoms with Crippen LogP contribution < -0.4 is 21.3 Å². The normalized spacial score (nSPS) is 11.2. The first-order valence-corrected chi connectivity index (χ1v) is 12.4. The minimum Gasteiger partial charge on any atom is -0.376 e. The highest BCUT2D eigenvalue weighted by atomic mass is 16.2. The molecule has 7 heteroatoms. The molecule has 0 bridgehead atoms. The van der Waals surface area contributed by atoms with Crippen molar-refractivity contribution in [2.75, 3.05) is 17.2 Å². The van der Waals surface area contributed by atoms with Gasteiger partial charge in [-0.3, -0.25) is 14.4 Å². The monoisotopic (exact) mass is 506 g/mol. The predicted molar refractivity (Wildman–Crippen MR) is 150 cm³/mol. The topological polar surface area (TPSA) is 99.3 Å². The molecule has 4 N–H and O–H groups in total. The maximum absolute atomic E-state index is 12.7. The van der Waals surface area contributed by atoms with Crippen LogP contribution in [-0.2, 0) is 11.3 Å². The fourth-order valence-electron chi connectivity index (χ4n) is 3.88. The van der Waals surface area contributed by atoms with E-state index in [1.165, 1.54) is 0 Å². The van der Waals surface area contributed by atoms with Crippen LogP contribution in [0.2, 0.25) is 0 Å². The molecule has 0 aromatic heterocycles. The molecule has 0 radical (unpaired) electrons. The third-order valence-corrected chi connectivity index (χ3v) is 5.93. The van der Waals surface area contributed by atoms with Gasteiger partial charge in [0.1, 0.15) is 0 Å². The molecule has 38 heavy (non-hydrogen) atoms. The number of hydrogen-bond donors (Lipinski definition) is 4. The molecule has 0 aliphatic rings. The van der Waals surface area contributed by atoms with Gasteiger partial charge in [0.2, 0.25) is 5.91 Å². The lowest BCUT2D eigenvalue weighted by Gasteiger charge is -2.15. The molecular weight excluding hydrogens is 476 g/mol. The summed E-state index contributed by atoms with van der Waals surface area (Å²) in [6.45, 7) is 2.35. The van der Waals surface area contributed by atoms with Gasteiger partial charge < -0.3 is 21.3 Å². The van der Waals surface area contributed by atoms with Crippen LogP contribution in [0.3, 0.4) is 0 Å². The van der Waals surface area contributed by atoms with Crippen LogP contribution in [0.4, 0.5) is 11.4 Å². The first-order chi connectivity index (χ1) is 18.5. The Morgan fingerprint density at radius 1 is 0.684 bits per heavy atom. The van der Waals surface area contributed by atoms with E-state index in [1.54, 1.807) is 48.5 Å². The molecule has 3 amide bonds. The van der Waals surface area contributed by atoms with Crippen LogP contribution in [0.1, 0.15) is 44.8 Å². The third-order valence-electron chi connectivity index (χ3n) is 5.93. The highest BCUT2D eigenvalue weighted by molar-refractivity contribution is 5.98. The molecule has 0 saturated carbocycles. The quantitative estimate of drug-likeness (QED) is 0.239. The number of amides is 3. The van der Waals surface area contributed by atoms with Gasteiger partial charge in [-0.1, -0.05) is 72.8 Å². The number of anilines is 2. The van der Waals surface area contributed by atoms with Crippen molar-refractivity contribution in [3.63, 3.8) is 0 Å². The summed E-state index contributed by atoms with van der Waals surface area (Å²) in [5, 5.41) is 11.7. The van der Waals surface area contributed by atoms with E-state index in [2.05, 4.69) is 21.3 Å². The molecule has 7 nitrogen and oxygen atoms in total. The van der Waals surface area contributed by atoms with Crippen LogP contribution in [-0.4, -0.2) is 24.3 Å². The summed E-state index contributed by atoms with van der Waals surface area (Å²) in [5.74, 6) is -0.698. The van der Waals surface area contributed by atoms with Crippen molar-refractivity contribution in [1.29, 1.82) is 0 Å². The van der Waals surface area contributed by atoms with Gasteiger partial charge in [-0.05, 0) is 54.4 Å². The summed E-state index contributed by atoms with van der Waals surface area (Å²) in [6, 6.07) is 33.0. The lowest BCUT2D eigenvalue weighted by Crippen LogP contribution is -2.27. The van der Waals surface area contributed by atoms with Crippen molar-refractivity contribution in [3.05, 3.63) is 131 Å². The average Bonchev–Trinajstić information content (AvgIpc) is 2.96. The molecule has 192 valence electrons. The Morgan fingerprint density at radius 2 is 1.29 bits per heavy atom. The molecule has 0 fully saturated rings. The Morgan fingerprint density at radius 3 is 2.00 bits per heavy atom. The van der Waals surface area contributed by atoms with E-state index < -0.39 is 0 Å². The van der Waals surface area contributed by atoms with Crippen molar-refractivity contribution in [2.45, 2.75) is 19.5 Å². The molecule has 0 aliphatic carbocycles. The Kier molecular flexibility index (Phi) is 8.86. The van der Waals surface area contributed by atoms with E-state index in [-0.39, 0.29) is 30.3 Å². The smallest absolute Gasteiger partial charge is 0.251 e. The van der Waals surface area contributed by atoms with Gasteiger partial charge in [-0.25, -0.2) is 0 Å². The summed E-state index contributed by atoms with van der Waals surface area (Å²) >= 11 is 0. The van der Waals surface area contributed by atoms with E-state index in [0.717, 1.165) is 11.1 Å². The molecule has 1 atom stereocenters. The SMILES string of the molecule is CC(NC(=O)c1cccc(NCC(=O)Nc2cccc(C(=O)NCc3ccccc3)c2)c1)c1ccccc1. The van der Waals surface area contributed by atoms with Gasteiger partial charge in [0.25, 0.3) is 11.8 Å². The summed E-state index contributed by atoms with van der Waals surface area (Å²) in [4.78, 5) is 37.8. The number of rotatable bonds is 10. The van der Waals surface area contributed by atoms with Gasteiger partial charge >= 0.3 is 0 Å². The molecular formula is C31H30N4O3. The highest BCUT2D eigenvalue weighted by Gasteiger charge is 2.12. The summed E-state index contributed by atoms with van der Waals surface area (Å²) < 4.78 is 0. The number of carbonyl (C=O) groups is 3. The standard InChI is InChI=1S/C31H30N4O3/c1-22(24-12-6-3-7-13-24)34-31(38)26-15-8-16-27(18-26)32-21-29(36)35-28-17-9-14-25(19-28)30(37)33-20-23-10-4-2-5-11-23/h2-19,22,32H,20-21H2,1H3,(H,33,37)(H,34,38)(H,35,36). The zero-order chi connectivity index (χ0) is 26.7. The van der Waals surface area contributed by atoms with Crippen molar-refractivity contribution >= 4 is 29.1 Å². The van der Waals surface area contributed by atoms with E-state index in [0.29, 0.717) is 29.0 Å². The second-order valence-electron chi connectivity index (χ2n) is 8.84. The zero-order valence-corrected chi connectivity index (χ0v) is 21.1. The van der Waals surface area contributed by atoms with Crippen LogP contribution >= 0.6 is 0 Å². The second-order valence-corrected chi connectivity index (χ2v) is 8.84. The highest BCUT2D eigenvalue weighted by Crippen LogP contribution is 2.15. The van der Waals surface area contributed by atoms with Crippen LogP contribution in [0.5, 0.6) is 0 Å². The predicted octanol–water partition coefficient (Wildman–Crippen LogP) is 5.16. The van der Waals surface area contributed by atoms with Crippen LogP contribution in [0.25, 0.3) is 0 Å². The second kappa shape index (κ2) is 12.9. The number of hydrogen-bond acceptors (Lipinski definition) is 4. The van der Waals surface area contributed by atoms with Crippen molar-refractivity contribution in [1.82, 2.24) is 10.6 Å². The fourth-order valence-corrected chi connectivity index (χ4v) is 3.88. The van der Waals surface area contributed by atoms with Gasteiger partial charge in [-0.2, -0.15) is 0 Å². The lowest BCUT2D eigenvalue weighted by molar-refractivity contribution is -0.114. The Balaban J connectivity index is 1.28. The van der Waals surface area contributed by atoms with Crippen molar-refractivity contribution in [3.8, 4) is 0 Å². The maximum atomic E-state index is 12.7. The largest absolute Gasteiger partial charge is 0.376 e. The Bertz CT molecular complexity index is 1390. The Labute approximate surface area is 222 Å². The summed E-state index contributed by atoms with van der Waals surface area (Å²) in [6.07, 6.45) is 0.